The Balaban J connectivity index is 0.00000180. The van der Waals surface area contributed by atoms with Crippen molar-refractivity contribution in [1.29, 1.82) is 0 Å². The minimum atomic E-state index is -0.585. The van der Waals surface area contributed by atoms with Crippen molar-refractivity contribution in [3.05, 3.63) is 35.4 Å². The molecule has 2 N–H and O–H groups in total. The zero-order valence-electron chi connectivity index (χ0n) is 11.7. The summed E-state index contributed by atoms with van der Waals surface area (Å²) < 4.78 is 0. The molecule has 0 radical (unpaired) electrons. The van der Waals surface area contributed by atoms with Gasteiger partial charge in [0.1, 0.15) is 0 Å². The lowest BCUT2D eigenvalue weighted by atomic mass is 9.76. The Morgan fingerprint density at radius 2 is 1.79 bits per heavy atom. The van der Waals surface area contributed by atoms with Crippen LogP contribution >= 0.6 is 12.4 Å². The second-order valence-corrected chi connectivity index (χ2v) is 5.34. The summed E-state index contributed by atoms with van der Waals surface area (Å²) in [6.45, 7) is 2.78. The molecule has 0 aliphatic heterocycles. The van der Waals surface area contributed by atoms with E-state index in [9.17, 15) is 4.79 Å². The number of hydrogen-bond donors (Lipinski definition) is 1. The predicted molar refractivity (Wildman–Crippen MR) is 80.3 cm³/mol. The molecule has 0 saturated heterocycles. The Bertz CT molecular complexity index is 426. The van der Waals surface area contributed by atoms with Crippen LogP contribution < -0.4 is 5.73 Å². The summed E-state index contributed by atoms with van der Waals surface area (Å²) in [4.78, 5) is 13.9. The number of nitrogens with two attached hydrogens (primary N) is 1. The van der Waals surface area contributed by atoms with Crippen LogP contribution in [-0.2, 0) is 17.8 Å². The molecular formula is C15H23ClN2O. The third kappa shape index (κ3) is 3.48. The van der Waals surface area contributed by atoms with Gasteiger partial charge in [0.25, 0.3) is 0 Å². The minimum Gasteiger partial charge on any atom is -0.340 e. The molecule has 19 heavy (non-hydrogen) atoms. The first-order chi connectivity index (χ1) is 8.55. The summed E-state index contributed by atoms with van der Waals surface area (Å²) in [6, 6.07) is 8.42. The van der Waals surface area contributed by atoms with Gasteiger partial charge in [0.05, 0.1) is 5.54 Å². The Hall–Kier alpha value is -1.06. The van der Waals surface area contributed by atoms with Crippen molar-refractivity contribution in [2.24, 2.45) is 5.73 Å². The highest BCUT2D eigenvalue weighted by Crippen LogP contribution is 2.30. The van der Waals surface area contributed by atoms with Crippen molar-refractivity contribution in [2.45, 2.75) is 44.7 Å². The summed E-state index contributed by atoms with van der Waals surface area (Å²) in [6.07, 6.45) is 3.76. The van der Waals surface area contributed by atoms with Gasteiger partial charge in [-0.3, -0.25) is 4.79 Å². The first-order valence-electron chi connectivity index (χ1n) is 6.67. The first-order valence-corrected chi connectivity index (χ1v) is 6.67. The molecule has 1 fully saturated rings. The number of likely N-dealkylation sites (N-methyl/N-ethyl adjacent to an activating group) is 1. The average Bonchev–Trinajstić information content (AvgIpc) is 2.36. The fourth-order valence-electron chi connectivity index (χ4n) is 2.38. The minimum absolute atomic E-state index is 0. The van der Waals surface area contributed by atoms with Crippen molar-refractivity contribution in [2.75, 3.05) is 7.05 Å². The van der Waals surface area contributed by atoms with E-state index in [0.29, 0.717) is 6.54 Å². The molecule has 0 unspecified atom stereocenters. The number of carbonyl (C=O) groups is 1. The number of benzene rings is 1. The molecule has 0 bridgehead atoms. The van der Waals surface area contributed by atoms with Crippen molar-refractivity contribution in [3.63, 3.8) is 0 Å². The first kappa shape index (κ1) is 16.0. The summed E-state index contributed by atoms with van der Waals surface area (Å²) in [7, 11) is 1.84. The number of nitrogens with zero attached hydrogens (tertiary/aromatic N) is 1. The maximum atomic E-state index is 12.2. The maximum Gasteiger partial charge on any atom is 0.242 e. The number of carbonyl (C=O) groups excluding carboxylic acids is 1. The molecule has 4 heteroatoms. The fraction of sp³-hybridized carbons (Fsp3) is 0.533. The second kappa shape index (κ2) is 6.40. The van der Waals surface area contributed by atoms with E-state index in [1.165, 1.54) is 5.56 Å². The molecule has 0 spiro atoms. The number of aryl methyl sites for hydroxylation is 1. The highest BCUT2D eigenvalue weighted by Gasteiger charge is 2.41. The van der Waals surface area contributed by atoms with E-state index >= 15 is 0 Å². The summed E-state index contributed by atoms with van der Waals surface area (Å²) in [5.41, 5.74) is 7.95. The molecule has 1 amide bonds. The van der Waals surface area contributed by atoms with Gasteiger partial charge < -0.3 is 10.6 Å². The lowest BCUT2D eigenvalue weighted by molar-refractivity contribution is -0.139. The van der Waals surface area contributed by atoms with Crippen LogP contribution in [0.25, 0.3) is 0 Å². The number of halogens is 1. The van der Waals surface area contributed by atoms with Gasteiger partial charge >= 0.3 is 0 Å². The fourth-order valence-corrected chi connectivity index (χ4v) is 2.38. The van der Waals surface area contributed by atoms with E-state index in [4.69, 9.17) is 5.73 Å². The van der Waals surface area contributed by atoms with Crippen LogP contribution in [0, 0.1) is 0 Å². The molecule has 1 aromatic rings. The Labute approximate surface area is 121 Å². The van der Waals surface area contributed by atoms with E-state index in [-0.39, 0.29) is 18.3 Å². The lowest BCUT2D eigenvalue weighted by Crippen LogP contribution is -2.58. The molecule has 0 aromatic heterocycles. The Morgan fingerprint density at radius 3 is 2.21 bits per heavy atom. The second-order valence-electron chi connectivity index (χ2n) is 5.34. The molecule has 0 heterocycles. The molecule has 2 rings (SSSR count). The van der Waals surface area contributed by atoms with Crippen molar-refractivity contribution >= 4 is 18.3 Å². The van der Waals surface area contributed by atoms with E-state index in [0.717, 1.165) is 31.2 Å². The van der Waals surface area contributed by atoms with Crippen LogP contribution in [0.15, 0.2) is 24.3 Å². The highest BCUT2D eigenvalue weighted by atomic mass is 35.5. The van der Waals surface area contributed by atoms with Crippen molar-refractivity contribution in [1.82, 2.24) is 4.90 Å². The topological polar surface area (TPSA) is 46.3 Å². The Kier molecular flexibility index (Phi) is 5.39. The normalized spacial score (nSPS) is 16.2. The van der Waals surface area contributed by atoms with Crippen molar-refractivity contribution in [3.8, 4) is 0 Å². The van der Waals surface area contributed by atoms with Gasteiger partial charge in [0, 0.05) is 13.6 Å². The molecular weight excluding hydrogens is 260 g/mol. The van der Waals surface area contributed by atoms with Crippen LogP contribution in [0.5, 0.6) is 0 Å². The third-order valence-corrected chi connectivity index (χ3v) is 3.87. The molecule has 1 aromatic carbocycles. The van der Waals surface area contributed by atoms with E-state index in [1.54, 1.807) is 4.90 Å². The Morgan fingerprint density at radius 1 is 1.26 bits per heavy atom. The molecule has 106 valence electrons. The quantitative estimate of drug-likeness (QED) is 0.922. The van der Waals surface area contributed by atoms with Gasteiger partial charge in [-0.25, -0.2) is 0 Å². The van der Waals surface area contributed by atoms with Gasteiger partial charge in [0.15, 0.2) is 0 Å². The molecule has 3 nitrogen and oxygen atoms in total. The monoisotopic (exact) mass is 282 g/mol. The van der Waals surface area contributed by atoms with Crippen molar-refractivity contribution < 1.29 is 4.79 Å². The van der Waals surface area contributed by atoms with Gasteiger partial charge in [-0.2, -0.15) is 0 Å². The molecule has 1 aliphatic carbocycles. The van der Waals surface area contributed by atoms with Crippen LogP contribution in [-0.4, -0.2) is 23.4 Å². The number of amides is 1. The maximum absolute atomic E-state index is 12.2. The van der Waals surface area contributed by atoms with Gasteiger partial charge in [0.2, 0.25) is 5.91 Å². The molecule has 1 aliphatic rings. The van der Waals surface area contributed by atoms with Crippen LogP contribution in [0.3, 0.4) is 0 Å². The lowest BCUT2D eigenvalue weighted by Gasteiger charge is -2.39. The predicted octanol–water partition coefficient (Wildman–Crippen LogP) is 2.51. The van der Waals surface area contributed by atoms with Gasteiger partial charge in [-0.15, -0.1) is 12.4 Å². The van der Waals surface area contributed by atoms with E-state index < -0.39 is 5.54 Å². The van der Waals surface area contributed by atoms with E-state index in [2.05, 4.69) is 31.2 Å². The standard InChI is InChI=1S/C15H22N2O.ClH/c1-3-12-5-7-13(8-6-12)11-17(2)14(18)15(16)9-4-10-15;/h5-8H,3-4,9-11,16H2,1-2H3;1H. The highest BCUT2D eigenvalue weighted by molar-refractivity contribution is 5.86. The summed E-state index contributed by atoms with van der Waals surface area (Å²) in [5.74, 6) is 0.0771. The number of rotatable bonds is 4. The van der Waals surface area contributed by atoms with Crippen LogP contribution in [0.2, 0.25) is 0 Å². The summed E-state index contributed by atoms with van der Waals surface area (Å²) in [5, 5.41) is 0. The molecule has 1 saturated carbocycles. The smallest absolute Gasteiger partial charge is 0.242 e. The molecule has 0 atom stereocenters. The van der Waals surface area contributed by atoms with Gasteiger partial charge in [-0.1, -0.05) is 31.2 Å². The van der Waals surface area contributed by atoms with Crippen LogP contribution in [0.4, 0.5) is 0 Å². The van der Waals surface area contributed by atoms with Crippen LogP contribution in [0.1, 0.15) is 37.3 Å². The summed E-state index contributed by atoms with van der Waals surface area (Å²) >= 11 is 0. The van der Waals surface area contributed by atoms with E-state index in [1.807, 2.05) is 7.05 Å². The zero-order valence-corrected chi connectivity index (χ0v) is 12.5. The van der Waals surface area contributed by atoms with Gasteiger partial charge in [-0.05, 0) is 36.8 Å². The largest absolute Gasteiger partial charge is 0.340 e. The SMILES string of the molecule is CCc1ccc(CN(C)C(=O)C2(N)CCC2)cc1.Cl. The third-order valence-electron chi connectivity index (χ3n) is 3.87. The average molecular weight is 283 g/mol. The number of hydrogen-bond acceptors (Lipinski definition) is 2. The zero-order chi connectivity index (χ0) is 13.2.